The first-order valence-corrected chi connectivity index (χ1v) is 7.49. The van der Waals surface area contributed by atoms with Gasteiger partial charge in [0.1, 0.15) is 12.7 Å². The third kappa shape index (κ3) is 9.79. The Morgan fingerprint density at radius 3 is 1.84 bits per heavy atom. The van der Waals surface area contributed by atoms with Gasteiger partial charge >= 0.3 is 0 Å². The van der Waals surface area contributed by atoms with Crippen LogP contribution in [0.15, 0.2) is 0 Å². The van der Waals surface area contributed by atoms with E-state index >= 15 is 0 Å². The molecule has 0 aliphatic carbocycles. The third-order valence-corrected chi connectivity index (χ3v) is 3.30. The number of hydrogen-bond donors (Lipinski definition) is 2. The van der Waals surface area contributed by atoms with Gasteiger partial charge in [-0.3, -0.25) is 9.59 Å². The first-order valence-electron chi connectivity index (χ1n) is 7.49. The first-order chi connectivity index (χ1) is 9.13. The summed E-state index contributed by atoms with van der Waals surface area (Å²) in [4.78, 5) is 22.0. The van der Waals surface area contributed by atoms with Crippen LogP contribution in [0.3, 0.4) is 0 Å². The Hall–Kier alpha value is -0.740. The molecular weight excluding hydrogens is 244 g/mol. The molecule has 0 rings (SSSR count). The fourth-order valence-corrected chi connectivity index (χ4v) is 2.04. The molecule has 0 aromatic heterocycles. The summed E-state index contributed by atoms with van der Waals surface area (Å²) in [5.41, 5.74) is 0. The molecule has 1 unspecified atom stereocenters. The van der Waals surface area contributed by atoms with Crippen LogP contribution in [0.2, 0.25) is 0 Å². The lowest BCUT2D eigenvalue weighted by atomic mass is 10.0. The van der Waals surface area contributed by atoms with Gasteiger partial charge in [-0.1, -0.05) is 64.7 Å². The first kappa shape index (κ1) is 18.3. The van der Waals surface area contributed by atoms with E-state index in [0.717, 1.165) is 19.3 Å². The zero-order valence-electron chi connectivity index (χ0n) is 12.1. The zero-order valence-corrected chi connectivity index (χ0v) is 12.1. The summed E-state index contributed by atoms with van der Waals surface area (Å²) in [5.74, 6) is -1.76. The zero-order chi connectivity index (χ0) is 14.5. The molecule has 0 amide bonds. The van der Waals surface area contributed by atoms with Gasteiger partial charge in [0.2, 0.25) is 11.6 Å². The quantitative estimate of drug-likeness (QED) is 0.399. The van der Waals surface area contributed by atoms with Gasteiger partial charge in [-0.25, -0.2) is 0 Å². The monoisotopic (exact) mass is 272 g/mol. The van der Waals surface area contributed by atoms with E-state index in [1.54, 1.807) is 0 Å². The van der Waals surface area contributed by atoms with E-state index in [2.05, 4.69) is 6.92 Å². The minimum atomic E-state index is -1.23. The van der Waals surface area contributed by atoms with Crippen molar-refractivity contribution in [1.82, 2.24) is 0 Å². The second kappa shape index (κ2) is 12.3. The summed E-state index contributed by atoms with van der Waals surface area (Å²) >= 11 is 0. The van der Waals surface area contributed by atoms with Gasteiger partial charge in [0.25, 0.3) is 0 Å². The number of unbranched alkanes of at least 4 members (excludes halogenated alkanes) is 8. The Balaban J connectivity index is 3.39. The van der Waals surface area contributed by atoms with Crippen LogP contribution in [-0.2, 0) is 9.59 Å². The Kier molecular flexibility index (Phi) is 11.8. The maximum Gasteiger partial charge on any atom is 0.229 e. The molecule has 0 saturated heterocycles. The number of aliphatic hydroxyl groups is 2. The lowest BCUT2D eigenvalue weighted by Gasteiger charge is -2.07. The largest absolute Gasteiger partial charge is 0.388 e. The Morgan fingerprint density at radius 1 is 0.895 bits per heavy atom. The predicted molar refractivity (Wildman–Crippen MR) is 75.0 cm³/mol. The van der Waals surface area contributed by atoms with E-state index < -0.39 is 24.3 Å². The van der Waals surface area contributed by atoms with E-state index in [9.17, 15) is 14.7 Å². The van der Waals surface area contributed by atoms with Crippen molar-refractivity contribution in [2.45, 2.75) is 77.2 Å². The van der Waals surface area contributed by atoms with Crippen molar-refractivity contribution in [2.24, 2.45) is 0 Å². The van der Waals surface area contributed by atoms with Crippen molar-refractivity contribution in [3.63, 3.8) is 0 Å². The SMILES string of the molecule is CCCCCCCCCCCC(O)C(=O)C(=O)CO. The highest BCUT2D eigenvalue weighted by molar-refractivity contribution is 6.39. The summed E-state index contributed by atoms with van der Waals surface area (Å²) < 4.78 is 0. The number of carbonyl (C=O) groups is 2. The van der Waals surface area contributed by atoms with Gasteiger partial charge in [-0.15, -0.1) is 0 Å². The van der Waals surface area contributed by atoms with Gasteiger partial charge in [-0.2, -0.15) is 0 Å². The van der Waals surface area contributed by atoms with Gasteiger partial charge in [-0.05, 0) is 6.42 Å². The topological polar surface area (TPSA) is 74.6 Å². The second-order valence-corrected chi connectivity index (χ2v) is 5.08. The lowest BCUT2D eigenvalue weighted by Crippen LogP contribution is -2.30. The Bertz CT molecular complexity index is 251. The molecular formula is C15H28O4. The highest BCUT2D eigenvalue weighted by Gasteiger charge is 2.21. The molecule has 2 N–H and O–H groups in total. The van der Waals surface area contributed by atoms with Crippen LogP contribution in [0.25, 0.3) is 0 Å². The second-order valence-electron chi connectivity index (χ2n) is 5.08. The molecule has 0 radical (unpaired) electrons. The molecule has 0 heterocycles. The molecule has 0 aromatic carbocycles. The average Bonchev–Trinajstić information content (AvgIpc) is 2.43. The van der Waals surface area contributed by atoms with Crippen LogP contribution in [-0.4, -0.2) is 34.5 Å². The van der Waals surface area contributed by atoms with Gasteiger partial charge in [0.05, 0.1) is 0 Å². The minimum Gasteiger partial charge on any atom is -0.388 e. The molecule has 0 fully saturated rings. The lowest BCUT2D eigenvalue weighted by molar-refractivity contribution is -0.143. The summed E-state index contributed by atoms with van der Waals surface area (Å²) in [6, 6.07) is 0. The van der Waals surface area contributed by atoms with Crippen molar-refractivity contribution < 1.29 is 19.8 Å². The van der Waals surface area contributed by atoms with E-state index in [1.807, 2.05) is 0 Å². The number of hydrogen-bond acceptors (Lipinski definition) is 4. The molecule has 19 heavy (non-hydrogen) atoms. The molecule has 4 heteroatoms. The van der Waals surface area contributed by atoms with Gasteiger partial charge < -0.3 is 10.2 Å². The van der Waals surface area contributed by atoms with E-state index in [-0.39, 0.29) is 0 Å². The van der Waals surface area contributed by atoms with Gasteiger partial charge in [0.15, 0.2) is 0 Å². The fourth-order valence-electron chi connectivity index (χ4n) is 2.04. The summed E-state index contributed by atoms with van der Waals surface area (Å²) in [6.07, 6.45) is 9.56. The smallest absolute Gasteiger partial charge is 0.229 e. The summed E-state index contributed by atoms with van der Waals surface area (Å²) in [7, 11) is 0. The predicted octanol–water partition coefficient (Wildman–Crippen LogP) is 2.40. The summed E-state index contributed by atoms with van der Waals surface area (Å²) in [6.45, 7) is 1.39. The number of aliphatic hydroxyl groups excluding tert-OH is 2. The van der Waals surface area contributed by atoms with Crippen LogP contribution in [0.1, 0.15) is 71.1 Å². The van der Waals surface area contributed by atoms with Crippen molar-refractivity contribution in [3.8, 4) is 0 Å². The molecule has 1 atom stereocenters. The standard InChI is InChI=1S/C15H28O4/c1-2-3-4-5-6-7-8-9-10-11-13(17)15(19)14(18)12-16/h13,16-17H,2-12H2,1H3. The normalized spacial score (nSPS) is 12.4. The molecule has 112 valence electrons. The summed E-state index contributed by atoms with van der Waals surface area (Å²) in [5, 5.41) is 17.9. The molecule has 0 aliphatic heterocycles. The Morgan fingerprint density at radius 2 is 1.37 bits per heavy atom. The van der Waals surface area contributed by atoms with Crippen LogP contribution >= 0.6 is 0 Å². The van der Waals surface area contributed by atoms with Crippen molar-refractivity contribution in [1.29, 1.82) is 0 Å². The van der Waals surface area contributed by atoms with Gasteiger partial charge in [0, 0.05) is 0 Å². The number of rotatable bonds is 13. The molecule has 0 aliphatic rings. The van der Waals surface area contributed by atoms with E-state index in [1.165, 1.54) is 38.5 Å². The molecule has 0 bridgehead atoms. The highest BCUT2D eigenvalue weighted by Crippen LogP contribution is 2.11. The minimum absolute atomic E-state index is 0.320. The number of Topliss-reactive ketones (excluding diaryl/α,β-unsaturated/α-hetero) is 2. The maximum absolute atomic E-state index is 11.2. The fraction of sp³-hybridized carbons (Fsp3) is 0.867. The van der Waals surface area contributed by atoms with Crippen LogP contribution in [0.5, 0.6) is 0 Å². The Labute approximate surface area is 116 Å². The van der Waals surface area contributed by atoms with Crippen LogP contribution in [0, 0.1) is 0 Å². The molecule has 0 spiro atoms. The van der Waals surface area contributed by atoms with Crippen LogP contribution < -0.4 is 0 Å². The van der Waals surface area contributed by atoms with Crippen molar-refractivity contribution >= 4 is 11.6 Å². The third-order valence-electron chi connectivity index (χ3n) is 3.30. The molecule has 0 saturated carbocycles. The maximum atomic E-state index is 11.2. The highest BCUT2D eigenvalue weighted by atomic mass is 16.3. The molecule has 0 aromatic rings. The number of ketones is 2. The number of carbonyl (C=O) groups excluding carboxylic acids is 2. The average molecular weight is 272 g/mol. The van der Waals surface area contributed by atoms with Crippen molar-refractivity contribution in [2.75, 3.05) is 6.61 Å². The van der Waals surface area contributed by atoms with Crippen molar-refractivity contribution in [3.05, 3.63) is 0 Å². The molecule has 4 nitrogen and oxygen atoms in total. The van der Waals surface area contributed by atoms with E-state index in [0.29, 0.717) is 6.42 Å². The van der Waals surface area contributed by atoms with Crippen LogP contribution in [0.4, 0.5) is 0 Å². The van der Waals surface area contributed by atoms with E-state index in [4.69, 9.17) is 5.11 Å².